The molecule has 0 aromatic heterocycles. The third-order valence-corrected chi connectivity index (χ3v) is 0.466. The molecule has 0 aromatic carbocycles. The first-order chi connectivity index (χ1) is 3.91. The standard InChI is InChI=1S/C4H11NO.C2H6/c1-2-6-4-3-5;1-2/h2-5H2,1H3;1-2H3. The number of hydrogen-bond donors (Lipinski definition) is 1. The van der Waals surface area contributed by atoms with Crippen LogP contribution in [-0.2, 0) is 4.74 Å². The summed E-state index contributed by atoms with van der Waals surface area (Å²) in [6.45, 7) is 8.05. The van der Waals surface area contributed by atoms with Gasteiger partial charge in [-0.05, 0) is 6.92 Å². The fourth-order valence-electron chi connectivity index (χ4n) is 0.228. The normalized spacial score (nSPS) is 7.50. The SMILES string of the molecule is CC.CCOCCN. The van der Waals surface area contributed by atoms with E-state index in [1.54, 1.807) is 0 Å². The van der Waals surface area contributed by atoms with Crippen LogP contribution in [0.25, 0.3) is 0 Å². The zero-order chi connectivity index (χ0) is 6.83. The minimum absolute atomic E-state index is 0.633. The third-order valence-electron chi connectivity index (χ3n) is 0.466. The summed E-state index contributed by atoms with van der Waals surface area (Å²) in [5, 5.41) is 0. The first kappa shape index (κ1) is 10.8. The summed E-state index contributed by atoms with van der Waals surface area (Å²) in [5.41, 5.74) is 5.09. The van der Waals surface area contributed by atoms with Gasteiger partial charge in [-0.1, -0.05) is 13.8 Å². The molecule has 0 amide bonds. The molecular formula is C6H17NO. The summed E-state index contributed by atoms with van der Waals surface area (Å²) < 4.78 is 4.86. The van der Waals surface area contributed by atoms with Crippen molar-refractivity contribution in [2.45, 2.75) is 20.8 Å². The molecule has 2 heteroatoms. The maximum Gasteiger partial charge on any atom is 0.0588 e. The van der Waals surface area contributed by atoms with E-state index < -0.39 is 0 Å². The van der Waals surface area contributed by atoms with Crippen LogP contribution in [0, 0.1) is 0 Å². The lowest BCUT2D eigenvalue weighted by Crippen LogP contribution is -2.07. The summed E-state index contributed by atoms with van der Waals surface area (Å²) in [7, 11) is 0. The van der Waals surface area contributed by atoms with Crippen LogP contribution in [0.4, 0.5) is 0 Å². The van der Waals surface area contributed by atoms with Gasteiger partial charge in [-0.3, -0.25) is 0 Å². The van der Waals surface area contributed by atoms with E-state index in [9.17, 15) is 0 Å². The van der Waals surface area contributed by atoms with Crippen molar-refractivity contribution in [3.05, 3.63) is 0 Å². The van der Waals surface area contributed by atoms with E-state index >= 15 is 0 Å². The Morgan fingerprint density at radius 1 is 1.38 bits per heavy atom. The van der Waals surface area contributed by atoms with Crippen molar-refractivity contribution < 1.29 is 4.74 Å². The minimum atomic E-state index is 0.633. The van der Waals surface area contributed by atoms with Gasteiger partial charge >= 0.3 is 0 Å². The van der Waals surface area contributed by atoms with Gasteiger partial charge in [0.1, 0.15) is 0 Å². The summed E-state index contributed by atoms with van der Waals surface area (Å²) >= 11 is 0. The third kappa shape index (κ3) is 16.8. The van der Waals surface area contributed by atoms with Crippen molar-refractivity contribution in [3.63, 3.8) is 0 Å². The van der Waals surface area contributed by atoms with Gasteiger partial charge in [0.25, 0.3) is 0 Å². The number of rotatable bonds is 3. The van der Waals surface area contributed by atoms with E-state index in [0.29, 0.717) is 13.2 Å². The average molecular weight is 119 g/mol. The molecule has 0 saturated carbocycles. The highest BCUT2D eigenvalue weighted by molar-refractivity contribution is 4.25. The van der Waals surface area contributed by atoms with Gasteiger partial charge in [0, 0.05) is 13.2 Å². The molecule has 0 aliphatic heterocycles. The van der Waals surface area contributed by atoms with Crippen molar-refractivity contribution in [2.24, 2.45) is 5.73 Å². The van der Waals surface area contributed by atoms with Crippen molar-refractivity contribution in [1.82, 2.24) is 0 Å². The minimum Gasteiger partial charge on any atom is -0.380 e. The Labute approximate surface area is 52.0 Å². The smallest absolute Gasteiger partial charge is 0.0588 e. The van der Waals surface area contributed by atoms with Gasteiger partial charge in [0.15, 0.2) is 0 Å². The van der Waals surface area contributed by atoms with E-state index in [0.717, 1.165) is 6.61 Å². The summed E-state index contributed by atoms with van der Waals surface area (Å²) in [6, 6.07) is 0. The number of ether oxygens (including phenoxy) is 1. The predicted molar refractivity (Wildman–Crippen MR) is 36.9 cm³/mol. The summed E-state index contributed by atoms with van der Waals surface area (Å²) in [5.74, 6) is 0. The molecule has 0 bridgehead atoms. The van der Waals surface area contributed by atoms with E-state index in [4.69, 9.17) is 10.5 Å². The Morgan fingerprint density at radius 2 is 1.88 bits per heavy atom. The molecule has 0 fully saturated rings. The molecule has 2 N–H and O–H groups in total. The van der Waals surface area contributed by atoms with Crippen LogP contribution in [0.15, 0.2) is 0 Å². The Kier molecular flexibility index (Phi) is 21.3. The molecule has 0 saturated heterocycles. The van der Waals surface area contributed by atoms with Crippen molar-refractivity contribution in [2.75, 3.05) is 19.8 Å². The quantitative estimate of drug-likeness (QED) is 0.563. The highest BCUT2D eigenvalue weighted by atomic mass is 16.5. The Morgan fingerprint density at radius 3 is 2.00 bits per heavy atom. The van der Waals surface area contributed by atoms with Gasteiger partial charge in [-0.25, -0.2) is 0 Å². The predicted octanol–water partition coefficient (Wildman–Crippen LogP) is 1.01. The molecule has 0 atom stereocenters. The van der Waals surface area contributed by atoms with Crippen LogP contribution >= 0.6 is 0 Å². The molecular weight excluding hydrogens is 102 g/mol. The van der Waals surface area contributed by atoms with Crippen LogP contribution in [0.3, 0.4) is 0 Å². The zero-order valence-corrected chi connectivity index (χ0v) is 6.11. The molecule has 0 rings (SSSR count). The Hall–Kier alpha value is -0.0800. The molecule has 2 nitrogen and oxygen atoms in total. The molecule has 0 heterocycles. The Bertz CT molecular complexity index is 20.5. The Balaban J connectivity index is 0. The molecule has 0 spiro atoms. The van der Waals surface area contributed by atoms with Gasteiger partial charge in [0.2, 0.25) is 0 Å². The fourth-order valence-corrected chi connectivity index (χ4v) is 0.228. The van der Waals surface area contributed by atoms with Gasteiger partial charge in [0.05, 0.1) is 6.61 Å². The van der Waals surface area contributed by atoms with E-state index in [-0.39, 0.29) is 0 Å². The van der Waals surface area contributed by atoms with Crippen LogP contribution in [0.5, 0.6) is 0 Å². The number of nitrogens with two attached hydrogens (primary N) is 1. The highest BCUT2D eigenvalue weighted by Gasteiger charge is 1.72. The van der Waals surface area contributed by atoms with Gasteiger partial charge in [-0.2, -0.15) is 0 Å². The van der Waals surface area contributed by atoms with Crippen molar-refractivity contribution in [1.29, 1.82) is 0 Å². The first-order valence-electron chi connectivity index (χ1n) is 3.19. The summed E-state index contributed by atoms with van der Waals surface area (Å²) in [6.07, 6.45) is 0. The first-order valence-corrected chi connectivity index (χ1v) is 3.19. The van der Waals surface area contributed by atoms with Crippen molar-refractivity contribution >= 4 is 0 Å². The number of hydrogen-bond acceptors (Lipinski definition) is 2. The van der Waals surface area contributed by atoms with Crippen LogP contribution < -0.4 is 5.73 Å². The van der Waals surface area contributed by atoms with Gasteiger partial charge < -0.3 is 10.5 Å². The molecule has 52 valence electrons. The molecule has 8 heavy (non-hydrogen) atoms. The summed E-state index contributed by atoms with van der Waals surface area (Å²) in [4.78, 5) is 0. The molecule has 0 aliphatic carbocycles. The second-order valence-electron chi connectivity index (χ2n) is 0.986. The largest absolute Gasteiger partial charge is 0.380 e. The molecule has 0 aliphatic rings. The van der Waals surface area contributed by atoms with Crippen molar-refractivity contribution in [3.8, 4) is 0 Å². The van der Waals surface area contributed by atoms with E-state index in [1.807, 2.05) is 20.8 Å². The fraction of sp³-hybridized carbons (Fsp3) is 1.00. The van der Waals surface area contributed by atoms with E-state index in [1.165, 1.54) is 0 Å². The van der Waals surface area contributed by atoms with Crippen LogP contribution in [0.2, 0.25) is 0 Å². The second kappa shape index (κ2) is 15.8. The van der Waals surface area contributed by atoms with Gasteiger partial charge in [-0.15, -0.1) is 0 Å². The monoisotopic (exact) mass is 119 g/mol. The maximum absolute atomic E-state index is 5.09. The highest BCUT2D eigenvalue weighted by Crippen LogP contribution is 1.64. The lowest BCUT2D eigenvalue weighted by molar-refractivity contribution is 0.155. The zero-order valence-electron chi connectivity index (χ0n) is 6.11. The molecule has 0 radical (unpaired) electrons. The average Bonchev–Trinajstić information content (AvgIpc) is 1.88. The van der Waals surface area contributed by atoms with E-state index in [2.05, 4.69) is 0 Å². The maximum atomic E-state index is 5.09. The topological polar surface area (TPSA) is 35.2 Å². The molecule has 0 aromatic rings. The lowest BCUT2D eigenvalue weighted by Gasteiger charge is -1.91. The molecule has 0 unspecified atom stereocenters. The lowest BCUT2D eigenvalue weighted by atomic mass is 10.7. The van der Waals surface area contributed by atoms with Crippen LogP contribution in [-0.4, -0.2) is 19.8 Å². The van der Waals surface area contributed by atoms with Crippen LogP contribution in [0.1, 0.15) is 20.8 Å². The second-order valence-corrected chi connectivity index (χ2v) is 0.986.